The summed E-state index contributed by atoms with van der Waals surface area (Å²) in [6.07, 6.45) is 0.548. The molecule has 188 valence electrons. The van der Waals surface area contributed by atoms with Crippen molar-refractivity contribution in [3.05, 3.63) is 129 Å². The lowest BCUT2D eigenvalue weighted by Gasteiger charge is -2.30. The van der Waals surface area contributed by atoms with E-state index in [0.717, 1.165) is 11.1 Å². The molecular weight excluding hydrogens is 468 g/mol. The molecule has 1 unspecified atom stereocenters. The van der Waals surface area contributed by atoms with Crippen molar-refractivity contribution >= 4 is 11.9 Å². The SMILES string of the molecule is CC1=C(C(=O)N=O)C(c2cccc(O)c2)C(C(=O)OCCC(c2ccccc2)c2ccccc2)=C(C)N1. The van der Waals surface area contributed by atoms with Gasteiger partial charge in [0.2, 0.25) is 0 Å². The van der Waals surface area contributed by atoms with E-state index in [-0.39, 0.29) is 29.4 Å². The second-order valence-corrected chi connectivity index (χ2v) is 8.93. The third-order valence-corrected chi connectivity index (χ3v) is 6.54. The lowest BCUT2D eigenvalue weighted by Crippen LogP contribution is -2.31. The molecule has 0 saturated carbocycles. The maximum atomic E-state index is 13.5. The van der Waals surface area contributed by atoms with Crippen LogP contribution in [0.1, 0.15) is 48.8 Å². The normalized spacial score (nSPS) is 15.4. The summed E-state index contributed by atoms with van der Waals surface area (Å²) in [4.78, 5) is 37.2. The Morgan fingerprint density at radius 2 is 1.49 bits per heavy atom. The molecule has 1 heterocycles. The van der Waals surface area contributed by atoms with Crippen LogP contribution in [-0.4, -0.2) is 23.6 Å². The average molecular weight is 497 g/mol. The number of esters is 1. The molecule has 1 aliphatic rings. The summed E-state index contributed by atoms with van der Waals surface area (Å²) < 4.78 is 5.76. The Hall–Kier alpha value is -4.52. The Bertz CT molecular complexity index is 1320. The molecule has 3 aromatic carbocycles. The fourth-order valence-corrected chi connectivity index (χ4v) is 4.88. The van der Waals surface area contributed by atoms with Crippen molar-refractivity contribution in [1.82, 2.24) is 5.32 Å². The number of phenols is 1. The van der Waals surface area contributed by atoms with E-state index in [2.05, 4.69) is 10.5 Å². The highest BCUT2D eigenvalue weighted by Gasteiger charge is 2.38. The summed E-state index contributed by atoms with van der Waals surface area (Å²) in [6.45, 7) is 3.49. The number of carbonyl (C=O) groups excluding carboxylic acids is 2. The van der Waals surface area contributed by atoms with Gasteiger partial charge in [0.15, 0.2) is 0 Å². The highest BCUT2D eigenvalue weighted by atomic mass is 16.5. The van der Waals surface area contributed by atoms with Crippen LogP contribution in [0.2, 0.25) is 0 Å². The minimum atomic E-state index is -0.982. The standard InChI is InChI=1S/C30H28N2O5/c1-19-26(29(34)32-36)28(23-14-9-15-24(33)18-23)27(20(2)31-19)30(35)37-17-16-25(21-10-5-3-6-11-21)22-12-7-4-8-13-22/h3-15,18,25,28,31,33H,16-17H2,1-2H3. The number of dihydropyridines is 1. The number of nitroso groups, excluding NO2 is 1. The van der Waals surface area contributed by atoms with Gasteiger partial charge in [-0.25, -0.2) is 4.79 Å². The second kappa shape index (κ2) is 11.5. The van der Waals surface area contributed by atoms with Gasteiger partial charge in [0, 0.05) is 22.5 Å². The first-order chi connectivity index (χ1) is 17.9. The third-order valence-electron chi connectivity index (χ3n) is 6.54. The molecule has 7 nitrogen and oxygen atoms in total. The van der Waals surface area contributed by atoms with Crippen molar-refractivity contribution in [2.75, 3.05) is 6.61 Å². The molecule has 1 amide bonds. The molecule has 0 radical (unpaired) electrons. The van der Waals surface area contributed by atoms with Gasteiger partial charge in [-0.05, 0) is 49.1 Å². The van der Waals surface area contributed by atoms with Crippen molar-refractivity contribution in [2.24, 2.45) is 5.18 Å². The first kappa shape index (κ1) is 25.6. The van der Waals surface area contributed by atoms with Crippen LogP contribution in [0.15, 0.2) is 113 Å². The Balaban J connectivity index is 1.61. The number of hydrogen-bond acceptors (Lipinski definition) is 6. The van der Waals surface area contributed by atoms with Crippen molar-refractivity contribution in [1.29, 1.82) is 0 Å². The third kappa shape index (κ3) is 5.67. The Labute approximate surface area is 215 Å². The topological polar surface area (TPSA) is 105 Å². The zero-order valence-corrected chi connectivity index (χ0v) is 20.7. The zero-order chi connectivity index (χ0) is 26.4. The van der Waals surface area contributed by atoms with Gasteiger partial charge in [0.25, 0.3) is 0 Å². The highest BCUT2D eigenvalue weighted by molar-refractivity contribution is 6.02. The number of benzene rings is 3. The van der Waals surface area contributed by atoms with Gasteiger partial charge in [0.05, 0.1) is 23.7 Å². The first-order valence-electron chi connectivity index (χ1n) is 12.0. The van der Waals surface area contributed by atoms with Crippen LogP contribution in [0, 0.1) is 4.91 Å². The number of amides is 1. The smallest absolute Gasteiger partial charge is 0.336 e. The number of nitrogens with one attached hydrogen (secondary N) is 1. The molecule has 37 heavy (non-hydrogen) atoms. The van der Waals surface area contributed by atoms with Crippen LogP contribution < -0.4 is 5.32 Å². The van der Waals surface area contributed by atoms with E-state index >= 15 is 0 Å². The summed E-state index contributed by atoms with van der Waals surface area (Å²) in [6, 6.07) is 26.3. The summed E-state index contributed by atoms with van der Waals surface area (Å²) in [5.74, 6) is -2.51. The van der Waals surface area contributed by atoms with Gasteiger partial charge >= 0.3 is 11.9 Å². The summed E-state index contributed by atoms with van der Waals surface area (Å²) in [5.41, 5.74) is 3.86. The minimum Gasteiger partial charge on any atom is -0.508 e. The van der Waals surface area contributed by atoms with Crippen LogP contribution in [-0.2, 0) is 14.3 Å². The van der Waals surface area contributed by atoms with Gasteiger partial charge < -0.3 is 15.2 Å². The number of ether oxygens (including phenoxy) is 1. The van der Waals surface area contributed by atoms with Gasteiger partial charge in [-0.15, -0.1) is 4.91 Å². The fraction of sp³-hybridized carbons (Fsp3) is 0.200. The molecule has 7 heteroatoms. The lowest BCUT2D eigenvalue weighted by molar-refractivity contribution is -0.139. The predicted octanol–water partition coefficient (Wildman–Crippen LogP) is 5.69. The van der Waals surface area contributed by atoms with Crippen LogP contribution in [0.3, 0.4) is 0 Å². The summed E-state index contributed by atoms with van der Waals surface area (Å²) in [7, 11) is 0. The van der Waals surface area contributed by atoms with Gasteiger partial charge in [0.1, 0.15) is 5.75 Å². The van der Waals surface area contributed by atoms with Crippen LogP contribution in [0.5, 0.6) is 5.75 Å². The number of nitrogens with zero attached hydrogens (tertiary/aromatic N) is 1. The number of carbonyl (C=O) groups is 2. The summed E-state index contributed by atoms with van der Waals surface area (Å²) >= 11 is 0. The van der Waals surface area contributed by atoms with E-state index < -0.39 is 17.8 Å². The molecule has 1 aliphatic heterocycles. The van der Waals surface area contributed by atoms with E-state index in [1.807, 2.05) is 60.7 Å². The fourth-order valence-electron chi connectivity index (χ4n) is 4.88. The van der Waals surface area contributed by atoms with Gasteiger partial charge in [-0.1, -0.05) is 72.8 Å². The molecular formula is C30H28N2O5. The Morgan fingerprint density at radius 1 is 0.892 bits per heavy atom. The Kier molecular flexibility index (Phi) is 7.93. The number of allylic oxidation sites excluding steroid dienone is 2. The van der Waals surface area contributed by atoms with Crippen LogP contribution in [0.25, 0.3) is 0 Å². The average Bonchev–Trinajstić information content (AvgIpc) is 2.91. The van der Waals surface area contributed by atoms with E-state index in [0.29, 0.717) is 23.4 Å². The molecule has 0 saturated heterocycles. The zero-order valence-electron chi connectivity index (χ0n) is 20.7. The maximum Gasteiger partial charge on any atom is 0.336 e. The first-order valence-corrected chi connectivity index (χ1v) is 12.0. The minimum absolute atomic E-state index is 0.0233. The van der Waals surface area contributed by atoms with E-state index in [1.54, 1.807) is 26.0 Å². The number of hydrogen-bond donors (Lipinski definition) is 2. The predicted molar refractivity (Wildman–Crippen MR) is 140 cm³/mol. The monoisotopic (exact) mass is 496 g/mol. The number of aromatic hydroxyl groups is 1. The van der Waals surface area contributed by atoms with E-state index in [9.17, 15) is 19.6 Å². The molecule has 3 aromatic rings. The maximum absolute atomic E-state index is 13.5. The number of phenolic OH excluding ortho intramolecular Hbond substituents is 1. The molecule has 0 bridgehead atoms. The molecule has 0 spiro atoms. The van der Waals surface area contributed by atoms with Crippen molar-refractivity contribution in [2.45, 2.75) is 32.1 Å². The molecule has 4 rings (SSSR count). The molecule has 0 aromatic heterocycles. The molecule has 0 fully saturated rings. The molecule has 0 aliphatic carbocycles. The van der Waals surface area contributed by atoms with E-state index in [1.165, 1.54) is 12.1 Å². The largest absolute Gasteiger partial charge is 0.508 e. The van der Waals surface area contributed by atoms with Crippen molar-refractivity contribution < 1.29 is 19.4 Å². The van der Waals surface area contributed by atoms with Crippen molar-refractivity contribution in [3.8, 4) is 5.75 Å². The second-order valence-electron chi connectivity index (χ2n) is 8.93. The molecule has 1 atom stereocenters. The van der Waals surface area contributed by atoms with Gasteiger partial charge in [-0.2, -0.15) is 0 Å². The van der Waals surface area contributed by atoms with E-state index in [4.69, 9.17) is 4.74 Å². The summed E-state index contributed by atoms with van der Waals surface area (Å²) in [5, 5.41) is 15.7. The lowest BCUT2D eigenvalue weighted by atomic mass is 9.80. The Morgan fingerprint density at radius 3 is 2.05 bits per heavy atom. The van der Waals surface area contributed by atoms with Gasteiger partial charge in [-0.3, -0.25) is 4.79 Å². The van der Waals surface area contributed by atoms with Crippen LogP contribution >= 0.6 is 0 Å². The van der Waals surface area contributed by atoms with Crippen LogP contribution in [0.4, 0.5) is 0 Å². The quantitative estimate of drug-likeness (QED) is 0.307. The highest BCUT2D eigenvalue weighted by Crippen LogP contribution is 2.40. The van der Waals surface area contributed by atoms with Crippen molar-refractivity contribution in [3.63, 3.8) is 0 Å². The number of rotatable bonds is 8. The molecule has 2 N–H and O–H groups in total.